The molecular formula is C25H26ClF2N3O8S. The molecule has 3 N–H and O–H groups in total. The molecule has 0 saturated heterocycles. The van der Waals surface area contributed by atoms with Crippen molar-refractivity contribution in [3.8, 4) is 0 Å². The van der Waals surface area contributed by atoms with E-state index in [4.69, 9.17) is 20.9 Å². The molecule has 0 bridgehead atoms. The number of aliphatic hydroxyl groups excluding tert-OH is 1. The van der Waals surface area contributed by atoms with Crippen LogP contribution in [0.15, 0.2) is 48.7 Å². The van der Waals surface area contributed by atoms with Gasteiger partial charge in [0.2, 0.25) is 5.91 Å². The van der Waals surface area contributed by atoms with E-state index in [2.05, 4.69) is 14.5 Å². The maximum Gasteiger partial charge on any atom is 0.412 e. The molecule has 11 nitrogen and oxygen atoms in total. The normalized spacial score (nSPS) is 13.1. The fourth-order valence-corrected chi connectivity index (χ4v) is 4.29. The molecule has 0 saturated carbocycles. The molecule has 216 valence electrons. The number of likely N-dealkylation sites (N-methyl/N-ethyl adjacent to an activating group) is 1. The van der Waals surface area contributed by atoms with Crippen molar-refractivity contribution in [2.75, 3.05) is 25.6 Å². The predicted octanol–water partition coefficient (Wildman–Crippen LogP) is 3.75. The summed E-state index contributed by atoms with van der Waals surface area (Å²) in [6.45, 7) is -1.26. The number of aliphatic hydroxyl groups is 1. The van der Waals surface area contributed by atoms with Gasteiger partial charge >= 0.3 is 16.5 Å². The number of aryl methyl sites for hydroxylation is 1. The Morgan fingerprint density at radius 3 is 2.62 bits per heavy atom. The Kier molecular flexibility index (Phi) is 10.7. The van der Waals surface area contributed by atoms with Crippen molar-refractivity contribution in [1.29, 1.82) is 0 Å². The topological polar surface area (TPSA) is 155 Å². The molecule has 2 atom stereocenters. The number of hydrogen-bond acceptors (Lipinski definition) is 8. The summed E-state index contributed by atoms with van der Waals surface area (Å²) in [7, 11) is -3.45. The van der Waals surface area contributed by atoms with Crippen LogP contribution in [0.2, 0.25) is 5.02 Å². The lowest BCUT2D eigenvalue weighted by Crippen LogP contribution is -2.43. The highest BCUT2D eigenvalue weighted by molar-refractivity contribution is 7.80. The second-order valence-corrected chi connectivity index (χ2v) is 10.2. The molecule has 1 unspecified atom stereocenters. The van der Waals surface area contributed by atoms with Crippen molar-refractivity contribution in [3.63, 3.8) is 0 Å². The van der Waals surface area contributed by atoms with Crippen molar-refractivity contribution in [2.24, 2.45) is 0 Å². The molecule has 1 aromatic heterocycles. The fourth-order valence-electron chi connectivity index (χ4n) is 3.74. The van der Waals surface area contributed by atoms with Gasteiger partial charge in [0, 0.05) is 25.1 Å². The second-order valence-electron chi connectivity index (χ2n) is 8.76. The van der Waals surface area contributed by atoms with Crippen molar-refractivity contribution in [3.05, 3.63) is 70.9 Å². The minimum Gasteiger partial charge on any atom is -0.447 e. The molecule has 40 heavy (non-hydrogen) atoms. The number of nitrogens with one attached hydrogen (secondary N) is 1. The number of amides is 2. The van der Waals surface area contributed by atoms with E-state index >= 15 is 0 Å². The van der Waals surface area contributed by atoms with Crippen LogP contribution in [0.4, 0.5) is 19.4 Å². The number of rotatable bonds is 12. The maximum atomic E-state index is 13.7. The van der Waals surface area contributed by atoms with Crippen LogP contribution in [0.25, 0.3) is 10.8 Å². The first kappa shape index (κ1) is 31.1. The van der Waals surface area contributed by atoms with E-state index in [1.807, 2.05) is 0 Å². The quantitative estimate of drug-likeness (QED) is 0.263. The molecule has 15 heteroatoms. The van der Waals surface area contributed by atoms with Crippen LogP contribution >= 0.6 is 11.6 Å². The van der Waals surface area contributed by atoms with Gasteiger partial charge in [-0.2, -0.15) is 8.42 Å². The molecule has 3 aromatic rings. The number of anilines is 1. The van der Waals surface area contributed by atoms with E-state index in [1.54, 1.807) is 6.07 Å². The van der Waals surface area contributed by atoms with Gasteiger partial charge in [-0.05, 0) is 54.1 Å². The molecule has 3 rings (SSSR count). The largest absolute Gasteiger partial charge is 0.447 e. The molecule has 0 radical (unpaired) electrons. The van der Waals surface area contributed by atoms with Crippen LogP contribution in [0, 0.1) is 11.6 Å². The number of aromatic nitrogens is 1. The highest BCUT2D eigenvalue weighted by atomic mass is 35.5. The summed E-state index contributed by atoms with van der Waals surface area (Å²) in [4.78, 5) is 30.5. The molecule has 2 amide bonds. The molecule has 0 aliphatic carbocycles. The Bertz CT molecular complexity index is 1480. The summed E-state index contributed by atoms with van der Waals surface area (Å²) in [5, 5.41) is 13.6. The summed E-state index contributed by atoms with van der Waals surface area (Å²) < 4.78 is 67.1. The Hall–Kier alpha value is -3.43. The zero-order valence-electron chi connectivity index (χ0n) is 21.1. The van der Waals surface area contributed by atoms with Crippen molar-refractivity contribution >= 4 is 50.6 Å². The van der Waals surface area contributed by atoms with E-state index in [0.717, 1.165) is 0 Å². The molecule has 0 spiro atoms. The number of nitrogens with zero attached hydrogens (tertiary/aromatic N) is 2. The lowest BCUT2D eigenvalue weighted by atomic mass is 10.1. The second kappa shape index (κ2) is 13.8. The number of hydrogen-bond donors (Lipinski definition) is 3. The summed E-state index contributed by atoms with van der Waals surface area (Å²) in [6, 6.07) is 8.71. The van der Waals surface area contributed by atoms with Gasteiger partial charge in [0.15, 0.2) is 0 Å². The monoisotopic (exact) mass is 601 g/mol. The minimum absolute atomic E-state index is 0.0673. The van der Waals surface area contributed by atoms with Gasteiger partial charge in [-0.15, -0.1) is 0 Å². The maximum absolute atomic E-state index is 13.7. The zero-order valence-corrected chi connectivity index (χ0v) is 22.7. The van der Waals surface area contributed by atoms with Gasteiger partial charge in [0.1, 0.15) is 24.1 Å². The van der Waals surface area contributed by atoms with Gasteiger partial charge in [-0.1, -0.05) is 23.7 Å². The number of benzene rings is 2. The zero-order chi connectivity index (χ0) is 29.4. The van der Waals surface area contributed by atoms with Crippen molar-refractivity contribution in [2.45, 2.75) is 31.4 Å². The van der Waals surface area contributed by atoms with E-state index in [-0.39, 0.29) is 30.1 Å². The standard InChI is InChI=1S/C25H26ClF2N3O8S/c1-31(23(33)8-6-15-3-2-4-21(28)24(15)26)19(11-20(32)14-39-40(35,36)37)13-38-25(34)30-22-10-17-9-18(27)7-5-16(17)12-29-22/h2-5,7,9-10,12,19-20,32H,6,8,11,13-14H2,1H3,(H,29,30,34)(H,35,36,37)/t19-,20?/m0/s1. The van der Waals surface area contributed by atoms with Crippen LogP contribution in [0.5, 0.6) is 0 Å². The van der Waals surface area contributed by atoms with Gasteiger partial charge in [-0.25, -0.2) is 22.7 Å². The van der Waals surface area contributed by atoms with E-state index in [9.17, 15) is 31.9 Å². The number of halogens is 3. The number of carbonyl (C=O) groups excluding carboxylic acids is 2. The third kappa shape index (κ3) is 9.34. The average Bonchev–Trinajstić information content (AvgIpc) is 2.89. The molecule has 0 fully saturated rings. The fraction of sp³-hybridized carbons (Fsp3) is 0.320. The first-order valence-electron chi connectivity index (χ1n) is 11.8. The Morgan fingerprint density at radius 1 is 1.15 bits per heavy atom. The van der Waals surface area contributed by atoms with Gasteiger partial charge in [-0.3, -0.25) is 14.7 Å². The smallest absolute Gasteiger partial charge is 0.412 e. The van der Waals surface area contributed by atoms with Crippen molar-refractivity contribution in [1.82, 2.24) is 9.88 Å². The lowest BCUT2D eigenvalue weighted by molar-refractivity contribution is -0.133. The Balaban J connectivity index is 1.66. The van der Waals surface area contributed by atoms with E-state index in [0.29, 0.717) is 16.3 Å². The molecule has 2 aromatic carbocycles. The third-order valence-corrected chi connectivity index (χ3v) is 6.71. The minimum atomic E-state index is -4.83. The number of pyridine rings is 1. The van der Waals surface area contributed by atoms with Gasteiger partial charge in [0.05, 0.1) is 23.8 Å². The highest BCUT2D eigenvalue weighted by Gasteiger charge is 2.26. The van der Waals surface area contributed by atoms with E-state index in [1.165, 1.54) is 54.5 Å². The first-order valence-corrected chi connectivity index (χ1v) is 13.5. The van der Waals surface area contributed by atoms with Crippen molar-refractivity contribution < 1.29 is 45.4 Å². The molecule has 1 heterocycles. The first-order chi connectivity index (χ1) is 18.8. The highest BCUT2D eigenvalue weighted by Crippen LogP contribution is 2.22. The summed E-state index contributed by atoms with van der Waals surface area (Å²) in [5.74, 6) is -1.52. The van der Waals surface area contributed by atoms with Crippen LogP contribution in [0.1, 0.15) is 18.4 Å². The number of fused-ring (bicyclic) bond motifs is 1. The van der Waals surface area contributed by atoms with Gasteiger partial charge in [0.25, 0.3) is 0 Å². The number of ether oxygens (including phenoxy) is 1. The van der Waals surface area contributed by atoms with Crippen LogP contribution in [-0.2, 0) is 30.5 Å². The summed E-state index contributed by atoms with van der Waals surface area (Å²) in [6.07, 6.45) is -1.35. The van der Waals surface area contributed by atoms with Crippen LogP contribution < -0.4 is 5.32 Å². The molecule has 0 aliphatic rings. The molecular weight excluding hydrogens is 576 g/mol. The van der Waals surface area contributed by atoms with E-state index < -0.39 is 59.4 Å². The SMILES string of the molecule is CN(C(=O)CCc1cccc(F)c1Cl)[C@H](COC(=O)Nc1cc2cc(F)ccc2cn1)CC(O)COS(=O)(=O)O. The predicted molar refractivity (Wildman–Crippen MR) is 141 cm³/mol. The lowest BCUT2D eigenvalue weighted by Gasteiger charge is -2.29. The van der Waals surface area contributed by atoms with Crippen LogP contribution in [-0.4, -0.2) is 72.4 Å². The molecule has 0 aliphatic heterocycles. The number of carbonyl (C=O) groups is 2. The summed E-state index contributed by atoms with van der Waals surface area (Å²) >= 11 is 5.95. The van der Waals surface area contributed by atoms with Gasteiger partial charge < -0.3 is 14.7 Å². The average molecular weight is 602 g/mol. The van der Waals surface area contributed by atoms with Crippen LogP contribution in [0.3, 0.4) is 0 Å². The Labute approximate surface area is 233 Å². The summed E-state index contributed by atoms with van der Waals surface area (Å²) in [5.41, 5.74) is 0.403. The Morgan fingerprint density at radius 2 is 1.90 bits per heavy atom. The third-order valence-electron chi connectivity index (χ3n) is 5.86.